The van der Waals surface area contributed by atoms with Crippen molar-refractivity contribution in [2.24, 2.45) is 5.92 Å². The lowest BCUT2D eigenvalue weighted by Crippen LogP contribution is -2.33. The van der Waals surface area contributed by atoms with E-state index in [2.05, 4.69) is 15.3 Å². The number of hydrogen-bond donors (Lipinski definition) is 2. The number of fused-ring (bicyclic) bond motifs is 1. The number of nitrogens with zero attached hydrogens (tertiary/aromatic N) is 4. The molecular formula is C17H15F3N6O2. The van der Waals surface area contributed by atoms with Gasteiger partial charge in [0.05, 0.1) is 11.9 Å². The second-order valence-corrected chi connectivity index (χ2v) is 6.51. The summed E-state index contributed by atoms with van der Waals surface area (Å²) in [4.78, 5) is 31.8. The zero-order valence-corrected chi connectivity index (χ0v) is 14.4. The minimum Gasteiger partial charge on any atom is -0.342 e. The fourth-order valence-electron chi connectivity index (χ4n) is 2.62. The average Bonchev–Trinajstić information content (AvgIpc) is 3.23. The van der Waals surface area contributed by atoms with Crippen molar-refractivity contribution in [1.29, 1.82) is 0 Å². The minimum absolute atomic E-state index is 0.0484. The number of anilines is 1. The van der Waals surface area contributed by atoms with Crippen LogP contribution in [0.15, 0.2) is 37.1 Å². The van der Waals surface area contributed by atoms with E-state index in [1.807, 2.05) is 0 Å². The molecule has 1 fully saturated rings. The van der Waals surface area contributed by atoms with Crippen LogP contribution in [0.5, 0.6) is 0 Å². The summed E-state index contributed by atoms with van der Waals surface area (Å²) in [6, 6.07) is 3.43. The number of imidazole rings is 2. The number of pyridine rings is 1. The molecule has 0 aromatic carbocycles. The summed E-state index contributed by atoms with van der Waals surface area (Å²) in [5.41, 5.74) is 1.10. The fourth-order valence-corrected chi connectivity index (χ4v) is 2.62. The third-order valence-corrected chi connectivity index (χ3v) is 4.20. The van der Waals surface area contributed by atoms with Crippen LogP contribution in [0.25, 0.3) is 11.3 Å². The highest BCUT2D eigenvalue weighted by Gasteiger charge is 2.30. The lowest BCUT2D eigenvalue weighted by Gasteiger charge is -2.06. The number of alkyl halides is 3. The molecule has 0 unspecified atom stereocenters. The molecular weight excluding hydrogens is 377 g/mol. The zero-order valence-electron chi connectivity index (χ0n) is 14.4. The molecule has 0 aliphatic heterocycles. The van der Waals surface area contributed by atoms with Crippen LogP contribution in [0.3, 0.4) is 0 Å². The molecule has 4 rings (SSSR count). The molecule has 1 saturated carbocycles. The van der Waals surface area contributed by atoms with Gasteiger partial charge in [-0.3, -0.25) is 9.59 Å². The Morgan fingerprint density at radius 3 is 2.68 bits per heavy atom. The molecule has 3 heterocycles. The summed E-state index contributed by atoms with van der Waals surface area (Å²) < 4.78 is 39.8. The molecule has 0 atom stereocenters. The van der Waals surface area contributed by atoms with Gasteiger partial charge in [0, 0.05) is 18.3 Å². The van der Waals surface area contributed by atoms with Crippen LogP contribution in [0.2, 0.25) is 0 Å². The second-order valence-electron chi connectivity index (χ2n) is 6.51. The first kappa shape index (κ1) is 18.0. The van der Waals surface area contributed by atoms with Crippen molar-refractivity contribution in [3.63, 3.8) is 0 Å². The Bertz CT molecular complexity index is 1050. The normalized spacial score (nSPS) is 14.2. The van der Waals surface area contributed by atoms with Crippen molar-refractivity contribution in [2.45, 2.75) is 19.0 Å². The number of carbonyl (C=O) groups is 2. The van der Waals surface area contributed by atoms with Gasteiger partial charge in [0.25, 0.3) is 5.91 Å². The predicted octanol–water partition coefficient (Wildman–Crippen LogP) is 2.16. The first-order valence-corrected chi connectivity index (χ1v) is 8.47. The van der Waals surface area contributed by atoms with Crippen molar-refractivity contribution >= 4 is 23.3 Å². The molecule has 0 bridgehead atoms. The van der Waals surface area contributed by atoms with Gasteiger partial charge in [-0.2, -0.15) is 13.2 Å². The van der Waals surface area contributed by atoms with Crippen molar-refractivity contribution in [3.8, 4) is 5.69 Å². The first-order chi connectivity index (χ1) is 13.3. The number of aromatic nitrogens is 4. The van der Waals surface area contributed by atoms with E-state index >= 15 is 0 Å². The molecule has 8 nitrogen and oxygen atoms in total. The number of carbonyl (C=O) groups excluding carboxylic acids is 2. The van der Waals surface area contributed by atoms with Gasteiger partial charge in [-0.25, -0.2) is 9.97 Å². The van der Waals surface area contributed by atoms with Crippen molar-refractivity contribution in [1.82, 2.24) is 24.3 Å². The van der Waals surface area contributed by atoms with Gasteiger partial charge in [-0.15, -0.1) is 0 Å². The van der Waals surface area contributed by atoms with Crippen LogP contribution in [-0.4, -0.2) is 43.5 Å². The Morgan fingerprint density at radius 1 is 1.18 bits per heavy atom. The first-order valence-electron chi connectivity index (χ1n) is 8.47. The summed E-state index contributed by atoms with van der Waals surface area (Å²) in [7, 11) is 0. The molecule has 146 valence electrons. The maximum atomic E-state index is 12.2. The standard InChI is InChI=1S/C17H15F3N6O2/c18-17(19,20)8-21-16(28)12-6-26(9-22-12)11-3-4-14-23-13(7-25(14)5-11)24-15(27)10-1-2-10/h3-7,9-10H,1-2,8H2,(H,21,28)(H,24,27). The SMILES string of the molecule is O=C(NCC(F)(F)F)c1cn(-c2ccc3nc(NC(=O)C4CC4)cn3c2)cn1. The highest BCUT2D eigenvalue weighted by Crippen LogP contribution is 2.30. The number of halogens is 3. The van der Waals surface area contributed by atoms with E-state index in [9.17, 15) is 22.8 Å². The van der Waals surface area contributed by atoms with Crippen LogP contribution in [0.4, 0.5) is 19.0 Å². The molecule has 2 N–H and O–H groups in total. The molecule has 2 amide bonds. The largest absolute Gasteiger partial charge is 0.405 e. The molecule has 1 aliphatic carbocycles. The molecule has 1 aliphatic rings. The van der Waals surface area contributed by atoms with Crippen LogP contribution in [-0.2, 0) is 4.79 Å². The summed E-state index contributed by atoms with van der Waals surface area (Å²) in [5, 5.41) is 4.54. The van der Waals surface area contributed by atoms with Crippen molar-refractivity contribution in [2.75, 3.05) is 11.9 Å². The fraction of sp³-hybridized carbons (Fsp3) is 0.294. The summed E-state index contributed by atoms with van der Waals surface area (Å²) in [6.07, 6.45) is 3.32. The average molecular weight is 392 g/mol. The lowest BCUT2D eigenvalue weighted by atomic mass is 10.4. The molecule has 28 heavy (non-hydrogen) atoms. The number of rotatable bonds is 5. The zero-order chi connectivity index (χ0) is 19.9. The van der Waals surface area contributed by atoms with Crippen LogP contribution >= 0.6 is 0 Å². The smallest absolute Gasteiger partial charge is 0.342 e. The van der Waals surface area contributed by atoms with E-state index in [0.29, 0.717) is 17.2 Å². The summed E-state index contributed by atoms with van der Waals surface area (Å²) in [5.74, 6) is -0.460. The molecule has 3 aromatic heterocycles. The van der Waals surface area contributed by atoms with Gasteiger partial charge in [-0.1, -0.05) is 0 Å². The highest BCUT2D eigenvalue weighted by atomic mass is 19.4. The van der Waals surface area contributed by atoms with E-state index in [1.54, 1.807) is 34.2 Å². The van der Waals surface area contributed by atoms with E-state index in [1.165, 1.54) is 17.1 Å². The third kappa shape index (κ3) is 3.97. The Kier molecular flexibility index (Phi) is 4.28. The van der Waals surface area contributed by atoms with Gasteiger partial charge in [0.2, 0.25) is 5.91 Å². The van der Waals surface area contributed by atoms with E-state index in [0.717, 1.165) is 12.8 Å². The van der Waals surface area contributed by atoms with Gasteiger partial charge in [-0.05, 0) is 25.0 Å². The van der Waals surface area contributed by atoms with Gasteiger partial charge >= 0.3 is 6.18 Å². The Balaban J connectivity index is 1.50. The van der Waals surface area contributed by atoms with E-state index in [4.69, 9.17) is 0 Å². The van der Waals surface area contributed by atoms with Crippen LogP contribution in [0, 0.1) is 5.92 Å². The highest BCUT2D eigenvalue weighted by molar-refractivity contribution is 5.93. The van der Waals surface area contributed by atoms with Crippen molar-refractivity contribution < 1.29 is 22.8 Å². The van der Waals surface area contributed by atoms with Crippen molar-refractivity contribution in [3.05, 3.63) is 42.7 Å². The van der Waals surface area contributed by atoms with Crippen LogP contribution < -0.4 is 10.6 Å². The Morgan fingerprint density at radius 2 is 1.96 bits per heavy atom. The van der Waals surface area contributed by atoms with Gasteiger partial charge < -0.3 is 19.6 Å². The van der Waals surface area contributed by atoms with Gasteiger partial charge in [0.15, 0.2) is 5.82 Å². The Labute approximate surface area is 156 Å². The quantitative estimate of drug-likeness (QED) is 0.696. The van der Waals surface area contributed by atoms with E-state index in [-0.39, 0.29) is 17.5 Å². The van der Waals surface area contributed by atoms with Crippen LogP contribution in [0.1, 0.15) is 23.3 Å². The molecule has 0 radical (unpaired) electrons. The third-order valence-electron chi connectivity index (χ3n) is 4.20. The number of hydrogen-bond acceptors (Lipinski definition) is 4. The molecule has 0 spiro atoms. The molecule has 11 heteroatoms. The second kappa shape index (κ2) is 6.66. The summed E-state index contributed by atoms with van der Waals surface area (Å²) >= 11 is 0. The Hall–Kier alpha value is -3.37. The maximum absolute atomic E-state index is 12.2. The maximum Gasteiger partial charge on any atom is 0.405 e. The monoisotopic (exact) mass is 392 g/mol. The minimum atomic E-state index is -4.49. The number of amides is 2. The topological polar surface area (TPSA) is 93.3 Å². The van der Waals surface area contributed by atoms with E-state index < -0.39 is 18.6 Å². The molecule has 3 aromatic rings. The summed E-state index contributed by atoms with van der Waals surface area (Å²) in [6.45, 7) is -1.42. The number of nitrogens with one attached hydrogen (secondary N) is 2. The lowest BCUT2D eigenvalue weighted by molar-refractivity contribution is -0.123. The molecule has 0 saturated heterocycles. The van der Waals surface area contributed by atoms with Gasteiger partial charge in [0.1, 0.15) is 24.2 Å². The predicted molar refractivity (Wildman–Crippen MR) is 92.1 cm³/mol.